The first-order valence-corrected chi connectivity index (χ1v) is 9.00. The summed E-state index contributed by atoms with van der Waals surface area (Å²) in [7, 11) is 0. The Morgan fingerprint density at radius 3 is 2.33 bits per heavy atom. The van der Waals surface area contributed by atoms with E-state index in [1.54, 1.807) is 0 Å². The molecular weight excluding hydrogens is 363 g/mol. The van der Waals surface area contributed by atoms with Gasteiger partial charge in [0.1, 0.15) is 5.82 Å². The zero-order valence-corrected chi connectivity index (χ0v) is 15.6. The topological polar surface area (TPSA) is 41.1 Å². The molecule has 0 unspecified atom stereocenters. The third-order valence-corrected chi connectivity index (χ3v) is 4.45. The average molecular weight is 383 g/mol. The van der Waals surface area contributed by atoms with Crippen molar-refractivity contribution < 1.29 is 9.18 Å². The van der Waals surface area contributed by atoms with Crippen LogP contribution < -0.4 is 10.6 Å². The second-order valence-electron chi connectivity index (χ2n) is 6.31. The highest BCUT2D eigenvalue weighted by molar-refractivity contribution is 6.30. The van der Waals surface area contributed by atoms with Gasteiger partial charge >= 0.3 is 0 Å². The summed E-state index contributed by atoms with van der Waals surface area (Å²) in [4.78, 5) is 12.3. The minimum absolute atomic E-state index is 0.0372. The minimum Gasteiger partial charge on any atom is -0.322 e. The molecule has 3 nitrogen and oxygen atoms in total. The minimum atomic E-state index is -0.561. The molecule has 3 aromatic carbocycles. The fourth-order valence-electron chi connectivity index (χ4n) is 2.81. The van der Waals surface area contributed by atoms with E-state index in [0.717, 1.165) is 11.1 Å². The molecule has 2 N–H and O–H groups in total. The van der Waals surface area contributed by atoms with Crippen molar-refractivity contribution in [2.75, 3.05) is 11.9 Å². The Hall–Kier alpha value is -2.69. The maximum Gasteiger partial charge on any atom is 0.238 e. The molecule has 0 radical (unpaired) electrons. The highest BCUT2D eigenvalue weighted by atomic mass is 35.5. The summed E-state index contributed by atoms with van der Waals surface area (Å²) in [6, 6.07) is 22.0. The number of carbonyl (C=O) groups is 1. The molecule has 0 fully saturated rings. The number of rotatable bonds is 6. The van der Waals surface area contributed by atoms with Gasteiger partial charge < -0.3 is 5.32 Å². The lowest BCUT2D eigenvalue weighted by molar-refractivity contribution is -0.115. The van der Waals surface area contributed by atoms with Crippen molar-refractivity contribution in [3.05, 3.63) is 100 Å². The molecule has 0 aliphatic heterocycles. The van der Waals surface area contributed by atoms with Crippen LogP contribution in [-0.2, 0) is 4.79 Å². The van der Waals surface area contributed by atoms with Crippen molar-refractivity contribution in [1.82, 2.24) is 5.32 Å². The molecule has 1 amide bonds. The van der Waals surface area contributed by atoms with E-state index in [2.05, 4.69) is 10.6 Å². The van der Waals surface area contributed by atoms with Crippen LogP contribution in [0.3, 0.4) is 0 Å². The van der Waals surface area contributed by atoms with Gasteiger partial charge in [-0.05, 0) is 36.2 Å². The molecule has 0 saturated heterocycles. The number of amides is 1. The molecule has 138 valence electrons. The van der Waals surface area contributed by atoms with Crippen LogP contribution >= 0.6 is 11.6 Å². The molecule has 0 heterocycles. The van der Waals surface area contributed by atoms with E-state index >= 15 is 0 Å². The number of nitrogens with one attached hydrogen (secondary N) is 2. The van der Waals surface area contributed by atoms with Gasteiger partial charge in [-0.1, -0.05) is 71.8 Å². The quantitative estimate of drug-likeness (QED) is 0.622. The summed E-state index contributed by atoms with van der Waals surface area (Å²) in [6.07, 6.45) is 0. The summed E-state index contributed by atoms with van der Waals surface area (Å²) >= 11 is 5.74. The van der Waals surface area contributed by atoms with Crippen LogP contribution in [0.5, 0.6) is 0 Å². The smallest absolute Gasteiger partial charge is 0.238 e. The van der Waals surface area contributed by atoms with Crippen molar-refractivity contribution in [2.45, 2.75) is 13.0 Å². The predicted octanol–water partition coefficient (Wildman–Crippen LogP) is 5.11. The summed E-state index contributed by atoms with van der Waals surface area (Å²) in [6.45, 7) is 2.07. The molecule has 0 aliphatic carbocycles. The van der Waals surface area contributed by atoms with E-state index in [-0.39, 0.29) is 29.2 Å². The van der Waals surface area contributed by atoms with E-state index in [4.69, 9.17) is 11.6 Å². The molecule has 0 saturated carbocycles. The van der Waals surface area contributed by atoms with Crippen LogP contribution in [0.1, 0.15) is 22.7 Å². The Kier molecular flexibility index (Phi) is 6.22. The van der Waals surface area contributed by atoms with Crippen LogP contribution in [0.15, 0.2) is 72.8 Å². The Balaban J connectivity index is 1.72. The summed E-state index contributed by atoms with van der Waals surface area (Å²) in [5.74, 6) is -0.891. The first kappa shape index (κ1) is 19.1. The lowest BCUT2D eigenvalue weighted by atomic mass is 9.98. The number of aryl methyl sites for hydroxylation is 1. The van der Waals surface area contributed by atoms with Crippen LogP contribution in [-0.4, -0.2) is 12.5 Å². The average Bonchev–Trinajstić information content (AvgIpc) is 2.66. The maximum absolute atomic E-state index is 13.9. The monoisotopic (exact) mass is 382 g/mol. The third-order valence-electron chi connectivity index (χ3n) is 4.22. The van der Waals surface area contributed by atoms with Crippen molar-refractivity contribution in [2.24, 2.45) is 0 Å². The van der Waals surface area contributed by atoms with Crippen LogP contribution in [0.25, 0.3) is 0 Å². The van der Waals surface area contributed by atoms with E-state index < -0.39 is 5.82 Å². The zero-order valence-electron chi connectivity index (χ0n) is 14.9. The first-order chi connectivity index (χ1) is 13.0. The lowest BCUT2D eigenvalue weighted by Gasteiger charge is -2.20. The predicted molar refractivity (Wildman–Crippen MR) is 108 cm³/mol. The van der Waals surface area contributed by atoms with Gasteiger partial charge in [0.05, 0.1) is 18.3 Å². The van der Waals surface area contributed by atoms with Crippen molar-refractivity contribution in [3.63, 3.8) is 0 Å². The Labute approximate surface area is 163 Å². The molecule has 0 aromatic heterocycles. The van der Waals surface area contributed by atoms with Gasteiger partial charge in [-0.15, -0.1) is 0 Å². The highest BCUT2D eigenvalue weighted by Crippen LogP contribution is 2.22. The number of benzene rings is 3. The van der Waals surface area contributed by atoms with E-state index in [9.17, 15) is 9.18 Å². The molecule has 0 aliphatic rings. The lowest BCUT2D eigenvalue weighted by Crippen LogP contribution is -2.32. The van der Waals surface area contributed by atoms with Gasteiger partial charge in [0.2, 0.25) is 5.91 Å². The second kappa shape index (κ2) is 8.80. The van der Waals surface area contributed by atoms with E-state index in [1.165, 1.54) is 23.8 Å². The van der Waals surface area contributed by atoms with Crippen LogP contribution in [0.2, 0.25) is 5.02 Å². The number of carbonyl (C=O) groups excluding carboxylic acids is 1. The Morgan fingerprint density at radius 2 is 1.67 bits per heavy atom. The van der Waals surface area contributed by atoms with Crippen LogP contribution in [0.4, 0.5) is 10.1 Å². The first-order valence-electron chi connectivity index (χ1n) is 8.63. The zero-order chi connectivity index (χ0) is 19.2. The Bertz CT molecular complexity index is 913. The van der Waals surface area contributed by atoms with E-state index in [0.29, 0.717) is 0 Å². The number of hydrogen-bond acceptors (Lipinski definition) is 2. The Morgan fingerprint density at radius 1 is 1.00 bits per heavy atom. The second-order valence-corrected chi connectivity index (χ2v) is 6.74. The van der Waals surface area contributed by atoms with Gasteiger partial charge in [0.15, 0.2) is 0 Å². The summed E-state index contributed by atoms with van der Waals surface area (Å²) in [5.41, 5.74) is 3.38. The summed E-state index contributed by atoms with van der Waals surface area (Å²) < 4.78 is 13.9. The number of halogens is 2. The van der Waals surface area contributed by atoms with Gasteiger partial charge in [0, 0.05) is 5.02 Å². The van der Waals surface area contributed by atoms with Gasteiger partial charge in [0.25, 0.3) is 0 Å². The fraction of sp³-hybridized carbons (Fsp3) is 0.136. The maximum atomic E-state index is 13.9. The molecular formula is C22H20ClFN2O. The molecule has 27 heavy (non-hydrogen) atoms. The van der Waals surface area contributed by atoms with Gasteiger partial charge in [-0.2, -0.15) is 0 Å². The highest BCUT2D eigenvalue weighted by Gasteiger charge is 2.15. The standard InChI is InChI=1S/C22H20ClFN2O/c1-15-7-9-17(10-8-15)22(16-5-3-2-4-6-16)25-14-21(27)26-20-12-11-18(23)13-19(20)24/h2-13,22,25H,14H2,1H3,(H,26,27)/t22-/m0/s1. The van der Waals surface area contributed by atoms with Crippen molar-refractivity contribution >= 4 is 23.2 Å². The largest absolute Gasteiger partial charge is 0.322 e. The molecule has 3 aromatic rings. The normalized spacial score (nSPS) is 11.8. The SMILES string of the molecule is Cc1ccc([C@@H](NCC(=O)Nc2ccc(Cl)cc2F)c2ccccc2)cc1. The van der Waals surface area contributed by atoms with E-state index in [1.807, 2.05) is 61.5 Å². The molecule has 0 bridgehead atoms. The van der Waals surface area contributed by atoms with Crippen molar-refractivity contribution in [1.29, 1.82) is 0 Å². The molecule has 0 spiro atoms. The molecule has 3 rings (SSSR count). The molecule has 5 heteroatoms. The summed E-state index contributed by atoms with van der Waals surface area (Å²) in [5, 5.41) is 6.12. The van der Waals surface area contributed by atoms with Crippen molar-refractivity contribution in [3.8, 4) is 0 Å². The number of anilines is 1. The molecule has 1 atom stereocenters. The fourth-order valence-corrected chi connectivity index (χ4v) is 2.97. The van der Waals surface area contributed by atoms with Crippen LogP contribution in [0, 0.1) is 12.7 Å². The van der Waals surface area contributed by atoms with Gasteiger partial charge in [-0.25, -0.2) is 4.39 Å². The number of hydrogen-bond donors (Lipinski definition) is 2. The van der Waals surface area contributed by atoms with Gasteiger partial charge in [-0.3, -0.25) is 10.1 Å². The third kappa shape index (κ3) is 5.16.